The fourth-order valence-corrected chi connectivity index (χ4v) is 5.35. The van der Waals surface area contributed by atoms with E-state index in [1.807, 2.05) is 53.4 Å². The van der Waals surface area contributed by atoms with Gasteiger partial charge in [-0.15, -0.1) is 0 Å². The van der Waals surface area contributed by atoms with Crippen molar-refractivity contribution in [2.75, 3.05) is 46.0 Å². The van der Waals surface area contributed by atoms with Gasteiger partial charge in [0.2, 0.25) is 0 Å². The van der Waals surface area contributed by atoms with E-state index in [-0.39, 0.29) is 24.3 Å². The normalized spacial score (nSPS) is 26.6. The van der Waals surface area contributed by atoms with Gasteiger partial charge in [0.05, 0.1) is 13.2 Å². The molecular weight excluding hydrogens is 404 g/mol. The number of nitrogens with zero attached hydrogens (tertiary/aromatic N) is 2. The molecule has 3 fully saturated rings. The molecule has 2 aromatic carbocycles. The Morgan fingerprint density at radius 3 is 2.38 bits per heavy atom. The minimum Gasteiger partial charge on any atom is -0.381 e. The molecule has 0 radical (unpaired) electrons. The highest BCUT2D eigenvalue weighted by atomic mass is 16.5. The first-order valence-corrected chi connectivity index (χ1v) is 11.6. The van der Waals surface area contributed by atoms with Crippen molar-refractivity contribution >= 4 is 11.8 Å². The molecule has 0 aromatic heterocycles. The first-order chi connectivity index (χ1) is 15.7. The van der Waals surface area contributed by atoms with Gasteiger partial charge in [-0.3, -0.25) is 9.59 Å². The molecule has 5 rings (SSSR count). The highest BCUT2D eigenvalue weighted by Gasteiger charge is 2.58. The first kappa shape index (κ1) is 21.2. The average Bonchev–Trinajstić information content (AvgIpc) is 3.11. The van der Waals surface area contributed by atoms with Crippen molar-refractivity contribution in [2.24, 2.45) is 5.92 Å². The Labute approximate surface area is 189 Å². The molecule has 0 aliphatic carbocycles. The lowest BCUT2D eigenvalue weighted by Crippen LogP contribution is -2.59. The molecule has 32 heavy (non-hydrogen) atoms. The van der Waals surface area contributed by atoms with Crippen LogP contribution in [0.25, 0.3) is 0 Å². The zero-order chi connectivity index (χ0) is 22.0. The van der Waals surface area contributed by atoms with Crippen molar-refractivity contribution in [1.82, 2.24) is 9.80 Å². The molecular formula is C26H30N2O4. The number of ether oxygens (including phenoxy) is 2. The minimum atomic E-state index is -1.03. The maximum Gasteiger partial charge on any atom is 0.257 e. The van der Waals surface area contributed by atoms with Gasteiger partial charge in [-0.25, -0.2) is 0 Å². The SMILES string of the molecule is O=C(c1ccccc1)N1CCO[C@@]2(C1)C(=O)N(CC1CCOCC1)C[C@@H]2c1ccccc1. The van der Waals surface area contributed by atoms with Gasteiger partial charge in [0.15, 0.2) is 5.60 Å². The number of likely N-dealkylation sites (tertiary alicyclic amines) is 1. The number of hydrogen-bond donors (Lipinski definition) is 0. The van der Waals surface area contributed by atoms with Crippen molar-refractivity contribution < 1.29 is 19.1 Å². The van der Waals surface area contributed by atoms with Crippen LogP contribution in [0.2, 0.25) is 0 Å². The van der Waals surface area contributed by atoms with Crippen molar-refractivity contribution in [1.29, 1.82) is 0 Å². The molecule has 6 heteroatoms. The Bertz CT molecular complexity index is 945. The van der Waals surface area contributed by atoms with Gasteiger partial charge in [0.25, 0.3) is 11.8 Å². The average molecular weight is 435 g/mol. The summed E-state index contributed by atoms with van der Waals surface area (Å²) >= 11 is 0. The maximum absolute atomic E-state index is 13.9. The second kappa shape index (κ2) is 9.04. The highest BCUT2D eigenvalue weighted by Crippen LogP contribution is 2.42. The van der Waals surface area contributed by atoms with Crippen LogP contribution in [-0.2, 0) is 14.3 Å². The van der Waals surface area contributed by atoms with Crippen LogP contribution in [0.3, 0.4) is 0 Å². The van der Waals surface area contributed by atoms with Crippen LogP contribution < -0.4 is 0 Å². The number of benzene rings is 2. The molecule has 3 saturated heterocycles. The molecule has 1 spiro atoms. The predicted molar refractivity (Wildman–Crippen MR) is 120 cm³/mol. The van der Waals surface area contributed by atoms with Crippen LogP contribution in [0.1, 0.15) is 34.7 Å². The van der Waals surface area contributed by atoms with Crippen molar-refractivity contribution in [3.05, 3.63) is 71.8 Å². The Balaban J connectivity index is 1.44. The van der Waals surface area contributed by atoms with Crippen LogP contribution in [0, 0.1) is 5.92 Å². The zero-order valence-corrected chi connectivity index (χ0v) is 18.3. The van der Waals surface area contributed by atoms with E-state index in [0.717, 1.165) is 38.2 Å². The molecule has 0 saturated carbocycles. The quantitative estimate of drug-likeness (QED) is 0.743. The Morgan fingerprint density at radius 1 is 0.969 bits per heavy atom. The standard InChI is InChI=1S/C26H30N2O4/c29-24(22-9-5-2-6-10-22)27-13-16-32-26(19-27)23(21-7-3-1-4-8-21)18-28(25(26)30)17-20-11-14-31-15-12-20/h1-10,20,23H,11-19H2/t23-,26-/m1/s1. The van der Waals surface area contributed by atoms with Gasteiger partial charge in [-0.2, -0.15) is 0 Å². The van der Waals surface area contributed by atoms with E-state index in [1.165, 1.54) is 0 Å². The summed E-state index contributed by atoms with van der Waals surface area (Å²) in [6.45, 7) is 3.99. The summed E-state index contributed by atoms with van der Waals surface area (Å²) in [6.07, 6.45) is 1.96. The molecule has 3 aliphatic rings. The van der Waals surface area contributed by atoms with Gasteiger partial charge < -0.3 is 19.3 Å². The van der Waals surface area contributed by atoms with Crippen molar-refractivity contribution in [3.63, 3.8) is 0 Å². The molecule has 0 bridgehead atoms. The smallest absolute Gasteiger partial charge is 0.257 e. The minimum absolute atomic E-state index is 0.0170. The Morgan fingerprint density at radius 2 is 1.66 bits per heavy atom. The van der Waals surface area contributed by atoms with E-state index in [0.29, 0.717) is 31.2 Å². The number of amides is 2. The summed E-state index contributed by atoms with van der Waals surface area (Å²) in [7, 11) is 0. The van der Waals surface area contributed by atoms with Crippen molar-refractivity contribution in [3.8, 4) is 0 Å². The molecule has 3 heterocycles. The van der Waals surface area contributed by atoms with Gasteiger partial charge in [-0.05, 0) is 36.5 Å². The van der Waals surface area contributed by atoms with E-state index in [9.17, 15) is 9.59 Å². The fourth-order valence-electron chi connectivity index (χ4n) is 5.35. The number of carbonyl (C=O) groups excluding carboxylic acids is 2. The molecule has 0 unspecified atom stereocenters. The third-order valence-electron chi connectivity index (χ3n) is 7.09. The number of morpholine rings is 1. The largest absolute Gasteiger partial charge is 0.381 e. The van der Waals surface area contributed by atoms with Crippen LogP contribution in [0.15, 0.2) is 60.7 Å². The Hall–Kier alpha value is -2.70. The molecule has 168 valence electrons. The second-order valence-electron chi connectivity index (χ2n) is 9.06. The van der Waals surface area contributed by atoms with E-state index < -0.39 is 5.60 Å². The van der Waals surface area contributed by atoms with Gasteiger partial charge in [0.1, 0.15) is 0 Å². The molecule has 0 N–H and O–H groups in total. The van der Waals surface area contributed by atoms with Crippen molar-refractivity contribution in [2.45, 2.75) is 24.4 Å². The lowest BCUT2D eigenvalue weighted by atomic mass is 9.83. The third kappa shape index (κ3) is 3.93. The topological polar surface area (TPSA) is 59.1 Å². The zero-order valence-electron chi connectivity index (χ0n) is 18.3. The second-order valence-corrected chi connectivity index (χ2v) is 9.06. The number of carbonyl (C=O) groups is 2. The summed E-state index contributed by atoms with van der Waals surface area (Å²) in [4.78, 5) is 30.9. The third-order valence-corrected chi connectivity index (χ3v) is 7.09. The number of hydrogen-bond acceptors (Lipinski definition) is 4. The van der Waals surface area contributed by atoms with Gasteiger partial charge >= 0.3 is 0 Å². The molecule has 2 atom stereocenters. The van der Waals surface area contributed by atoms with E-state index >= 15 is 0 Å². The van der Waals surface area contributed by atoms with Crippen LogP contribution >= 0.6 is 0 Å². The molecule has 2 aromatic rings. The van der Waals surface area contributed by atoms with E-state index in [1.54, 1.807) is 4.90 Å². The number of rotatable bonds is 4. The van der Waals surface area contributed by atoms with E-state index in [4.69, 9.17) is 9.47 Å². The van der Waals surface area contributed by atoms with Crippen LogP contribution in [0.5, 0.6) is 0 Å². The predicted octanol–water partition coefficient (Wildman–Crippen LogP) is 2.95. The van der Waals surface area contributed by atoms with E-state index in [2.05, 4.69) is 12.1 Å². The lowest BCUT2D eigenvalue weighted by molar-refractivity contribution is -0.160. The summed E-state index contributed by atoms with van der Waals surface area (Å²) in [5, 5.41) is 0. The Kier molecular flexibility index (Phi) is 5.98. The lowest BCUT2D eigenvalue weighted by Gasteiger charge is -2.42. The monoisotopic (exact) mass is 434 g/mol. The van der Waals surface area contributed by atoms with Crippen LogP contribution in [-0.4, -0.2) is 73.2 Å². The molecule has 2 amide bonds. The van der Waals surface area contributed by atoms with Gasteiger partial charge in [-0.1, -0.05) is 48.5 Å². The first-order valence-electron chi connectivity index (χ1n) is 11.6. The summed E-state index contributed by atoms with van der Waals surface area (Å²) in [6, 6.07) is 19.4. The maximum atomic E-state index is 13.9. The molecule has 6 nitrogen and oxygen atoms in total. The van der Waals surface area contributed by atoms with Gasteiger partial charge in [0, 0.05) is 44.3 Å². The summed E-state index contributed by atoms with van der Waals surface area (Å²) in [5.41, 5.74) is 0.699. The van der Waals surface area contributed by atoms with Crippen LogP contribution in [0.4, 0.5) is 0 Å². The fraction of sp³-hybridized carbons (Fsp3) is 0.462. The molecule has 3 aliphatic heterocycles. The highest BCUT2D eigenvalue weighted by molar-refractivity contribution is 5.96. The summed E-state index contributed by atoms with van der Waals surface area (Å²) in [5.74, 6) is 0.312. The summed E-state index contributed by atoms with van der Waals surface area (Å²) < 4.78 is 11.8.